The highest BCUT2D eigenvalue weighted by Gasteiger charge is 2.31. The topological polar surface area (TPSA) is 53.8 Å². The molecule has 1 aromatic heterocycles. The van der Waals surface area contributed by atoms with Gasteiger partial charge in [0.25, 0.3) is 0 Å². The Morgan fingerprint density at radius 2 is 2.00 bits per heavy atom. The summed E-state index contributed by atoms with van der Waals surface area (Å²) in [6.07, 6.45) is 2.10. The van der Waals surface area contributed by atoms with Crippen molar-refractivity contribution in [2.45, 2.75) is 11.7 Å². The molecule has 0 saturated carbocycles. The van der Waals surface area contributed by atoms with Crippen molar-refractivity contribution in [3.8, 4) is 0 Å². The summed E-state index contributed by atoms with van der Waals surface area (Å²) in [4.78, 5) is 13.1. The summed E-state index contributed by atoms with van der Waals surface area (Å²) < 4.78 is 0. The molecule has 4 nitrogen and oxygen atoms in total. The van der Waals surface area contributed by atoms with Gasteiger partial charge in [0.15, 0.2) is 5.17 Å². The number of thioether (sulfide) groups is 1. The lowest BCUT2D eigenvalue weighted by atomic mass is 10.1. The van der Waals surface area contributed by atoms with Gasteiger partial charge in [-0.2, -0.15) is 5.10 Å². The lowest BCUT2D eigenvalue weighted by molar-refractivity contribution is -0.118. The maximum absolute atomic E-state index is 12.1. The van der Waals surface area contributed by atoms with E-state index >= 15 is 0 Å². The SMILES string of the molecule is O=C1N/C(=N\N=C/c2cccs2)S[C@@H]1Cc1c(Cl)cccc1Cl. The first kappa shape index (κ1) is 16.5. The van der Waals surface area contributed by atoms with Crippen LogP contribution in [0.2, 0.25) is 10.0 Å². The quantitative estimate of drug-likeness (QED) is 0.634. The molecule has 0 bridgehead atoms. The molecule has 0 unspecified atom stereocenters. The minimum Gasteiger partial charge on any atom is -0.303 e. The van der Waals surface area contributed by atoms with Crippen molar-refractivity contribution in [1.29, 1.82) is 0 Å². The molecule has 0 spiro atoms. The molecule has 1 aliphatic rings. The van der Waals surface area contributed by atoms with Crippen molar-refractivity contribution in [3.63, 3.8) is 0 Å². The Morgan fingerprint density at radius 1 is 1.22 bits per heavy atom. The molecule has 0 aliphatic carbocycles. The second-order valence-electron chi connectivity index (χ2n) is 4.67. The van der Waals surface area contributed by atoms with Crippen LogP contribution in [0.15, 0.2) is 45.9 Å². The van der Waals surface area contributed by atoms with Crippen LogP contribution in [0.5, 0.6) is 0 Å². The number of nitrogens with zero attached hydrogens (tertiary/aromatic N) is 2. The van der Waals surface area contributed by atoms with Crippen molar-refractivity contribution < 1.29 is 4.79 Å². The van der Waals surface area contributed by atoms with Crippen molar-refractivity contribution in [2.24, 2.45) is 10.2 Å². The molecule has 1 aliphatic heterocycles. The van der Waals surface area contributed by atoms with E-state index in [1.54, 1.807) is 35.8 Å². The van der Waals surface area contributed by atoms with E-state index in [-0.39, 0.29) is 11.2 Å². The average Bonchev–Trinajstić information content (AvgIpc) is 3.14. The Labute approximate surface area is 151 Å². The number of hydrogen-bond donors (Lipinski definition) is 1. The van der Waals surface area contributed by atoms with Gasteiger partial charge in [-0.25, -0.2) is 0 Å². The number of halogens is 2. The first-order chi connectivity index (χ1) is 11.1. The Kier molecular flexibility index (Phi) is 5.38. The van der Waals surface area contributed by atoms with Crippen LogP contribution in [-0.2, 0) is 11.2 Å². The van der Waals surface area contributed by atoms with Crippen LogP contribution in [0.1, 0.15) is 10.4 Å². The smallest absolute Gasteiger partial charge is 0.239 e. The normalized spacial score (nSPS) is 19.7. The maximum atomic E-state index is 12.1. The highest BCUT2D eigenvalue weighted by atomic mass is 35.5. The predicted molar refractivity (Wildman–Crippen MR) is 99.0 cm³/mol. The molecule has 1 N–H and O–H groups in total. The molecule has 8 heteroatoms. The Morgan fingerprint density at radius 3 is 2.70 bits per heavy atom. The number of carbonyl (C=O) groups is 1. The fraction of sp³-hybridized carbons (Fsp3) is 0.133. The lowest BCUT2D eigenvalue weighted by Crippen LogP contribution is -2.26. The van der Waals surface area contributed by atoms with E-state index in [1.165, 1.54) is 11.8 Å². The summed E-state index contributed by atoms with van der Waals surface area (Å²) in [5.41, 5.74) is 0.770. The third kappa shape index (κ3) is 4.14. The van der Waals surface area contributed by atoms with Crippen molar-refractivity contribution in [1.82, 2.24) is 5.32 Å². The van der Waals surface area contributed by atoms with Crippen molar-refractivity contribution in [2.75, 3.05) is 0 Å². The molecule has 1 aromatic carbocycles. The zero-order valence-electron chi connectivity index (χ0n) is 11.7. The van der Waals surface area contributed by atoms with E-state index in [0.29, 0.717) is 21.6 Å². The van der Waals surface area contributed by atoms with E-state index in [4.69, 9.17) is 23.2 Å². The van der Waals surface area contributed by atoms with Gasteiger partial charge in [-0.05, 0) is 35.6 Å². The van der Waals surface area contributed by atoms with Crippen LogP contribution in [0.25, 0.3) is 0 Å². The van der Waals surface area contributed by atoms with Gasteiger partial charge in [0, 0.05) is 14.9 Å². The van der Waals surface area contributed by atoms with Gasteiger partial charge in [0.1, 0.15) is 0 Å². The standard InChI is InChI=1S/C15H11Cl2N3OS2/c16-11-4-1-5-12(17)10(11)7-13-14(21)19-15(23-13)20-18-8-9-3-2-6-22-9/h1-6,8,13H,7H2,(H,19,20,21)/b18-8-/t13-/m1/s1. The van der Waals surface area contributed by atoms with Crippen LogP contribution < -0.4 is 5.32 Å². The van der Waals surface area contributed by atoms with Gasteiger partial charge in [-0.15, -0.1) is 16.4 Å². The number of rotatable bonds is 4. The van der Waals surface area contributed by atoms with Gasteiger partial charge < -0.3 is 5.32 Å². The van der Waals surface area contributed by atoms with Crippen LogP contribution in [-0.4, -0.2) is 22.5 Å². The third-order valence-electron chi connectivity index (χ3n) is 3.10. The maximum Gasteiger partial charge on any atom is 0.239 e. The van der Waals surface area contributed by atoms with Gasteiger partial charge in [-0.3, -0.25) is 4.79 Å². The molecule has 23 heavy (non-hydrogen) atoms. The molecule has 0 radical (unpaired) electrons. The van der Waals surface area contributed by atoms with Crippen molar-refractivity contribution in [3.05, 3.63) is 56.2 Å². The largest absolute Gasteiger partial charge is 0.303 e. The molecule has 1 fully saturated rings. The van der Waals surface area contributed by atoms with Crippen molar-refractivity contribution >= 4 is 63.6 Å². The second kappa shape index (κ2) is 7.49. The third-order valence-corrected chi connectivity index (χ3v) is 5.69. The second-order valence-corrected chi connectivity index (χ2v) is 7.65. The fourth-order valence-electron chi connectivity index (χ4n) is 2.00. The number of carbonyl (C=O) groups excluding carboxylic acids is 1. The van der Waals surface area contributed by atoms with E-state index in [1.807, 2.05) is 17.5 Å². The minimum atomic E-state index is -0.317. The summed E-state index contributed by atoms with van der Waals surface area (Å²) >= 11 is 15.2. The molecular weight excluding hydrogens is 373 g/mol. The summed E-state index contributed by atoms with van der Waals surface area (Å²) in [6, 6.07) is 9.19. The first-order valence-electron chi connectivity index (χ1n) is 6.68. The Balaban J connectivity index is 1.68. The number of benzene rings is 1. The molecule has 118 valence electrons. The molecule has 2 aromatic rings. The Hall–Kier alpha value is -1.34. The van der Waals surface area contributed by atoms with Gasteiger partial charge in [-0.1, -0.05) is 47.1 Å². The summed E-state index contributed by atoms with van der Waals surface area (Å²) in [5.74, 6) is -0.115. The molecule has 1 amide bonds. The highest BCUT2D eigenvalue weighted by Crippen LogP contribution is 2.30. The average molecular weight is 384 g/mol. The number of thiophene rings is 1. The monoisotopic (exact) mass is 383 g/mol. The van der Waals surface area contributed by atoms with Crippen LogP contribution in [0.4, 0.5) is 0 Å². The van der Waals surface area contributed by atoms with Gasteiger partial charge >= 0.3 is 0 Å². The number of amidine groups is 1. The molecule has 1 atom stereocenters. The lowest BCUT2D eigenvalue weighted by Gasteiger charge is -2.09. The number of hydrogen-bond acceptors (Lipinski definition) is 5. The number of amides is 1. The predicted octanol–water partition coefficient (Wildman–Crippen LogP) is 4.22. The minimum absolute atomic E-state index is 0.115. The first-order valence-corrected chi connectivity index (χ1v) is 9.20. The van der Waals surface area contributed by atoms with Gasteiger partial charge in [0.05, 0.1) is 11.5 Å². The van der Waals surface area contributed by atoms with E-state index in [2.05, 4.69) is 15.5 Å². The van der Waals surface area contributed by atoms with E-state index < -0.39 is 0 Å². The van der Waals surface area contributed by atoms with Crippen LogP contribution in [0.3, 0.4) is 0 Å². The zero-order chi connectivity index (χ0) is 16.2. The van der Waals surface area contributed by atoms with E-state index in [0.717, 1.165) is 10.4 Å². The van der Waals surface area contributed by atoms with Gasteiger partial charge in [0.2, 0.25) is 5.91 Å². The highest BCUT2D eigenvalue weighted by molar-refractivity contribution is 8.15. The van der Waals surface area contributed by atoms with Crippen LogP contribution in [0, 0.1) is 0 Å². The van der Waals surface area contributed by atoms with Crippen LogP contribution >= 0.6 is 46.3 Å². The van der Waals surface area contributed by atoms with E-state index in [9.17, 15) is 4.79 Å². The molecule has 3 rings (SSSR count). The number of nitrogens with one attached hydrogen (secondary N) is 1. The fourth-order valence-corrected chi connectivity index (χ4v) is 4.07. The summed E-state index contributed by atoms with van der Waals surface area (Å²) in [5, 5.41) is 14.0. The zero-order valence-corrected chi connectivity index (χ0v) is 14.8. The summed E-state index contributed by atoms with van der Waals surface area (Å²) in [6.45, 7) is 0. The molecule has 2 heterocycles. The molecular formula is C15H11Cl2N3OS2. The Bertz CT molecular complexity index is 755. The molecule has 1 saturated heterocycles. The summed E-state index contributed by atoms with van der Waals surface area (Å²) in [7, 11) is 0.